The van der Waals surface area contributed by atoms with Gasteiger partial charge in [0.25, 0.3) is 5.91 Å². The molecule has 0 aliphatic rings. The second kappa shape index (κ2) is 7.58. The first kappa shape index (κ1) is 15.2. The molecule has 2 N–H and O–H groups in total. The maximum atomic E-state index is 12.1. The molecule has 2 rings (SSSR count). The molecule has 0 radical (unpaired) electrons. The van der Waals surface area contributed by atoms with Gasteiger partial charge in [-0.15, -0.1) is 0 Å². The average Bonchev–Trinajstić information content (AvgIpc) is 2.97. The van der Waals surface area contributed by atoms with Crippen LogP contribution in [0, 0.1) is 0 Å². The first-order valence-electron chi connectivity index (χ1n) is 6.64. The van der Waals surface area contributed by atoms with Gasteiger partial charge in [-0.3, -0.25) is 4.79 Å². The van der Waals surface area contributed by atoms with Crippen molar-refractivity contribution in [2.45, 2.75) is 19.8 Å². The van der Waals surface area contributed by atoms with Crippen LogP contribution in [0.2, 0.25) is 5.15 Å². The number of hydrogen-bond acceptors (Lipinski definition) is 6. The first-order valence-corrected chi connectivity index (χ1v) is 7.01. The van der Waals surface area contributed by atoms with E-state index in [2.05, 4.69) is 30.3 Å². The maximum absolute atomic E-state index is 12.1. The van der Waals surface area contributed by atoms with Gasteiger partial charge >= 0.3 is 0 Å². The van der Waals surface area contributed by atoms with Crippen molar-refractivity contribution < 1.29 is 9.32 Å². The third-order valence-corrected chi connectivity index (χ3v) is 2.85. The predicted octanol–water partition coefficient (Wildman–Crippen LogP) is 1.91. The molecule has 0 atom stereocenters. The van der Waals surface area contributed by atoms with Crippen LogP contribution in [0.5, 0.6) is 0 Å². The van der Waals surface area contributed by atoms with Crippen LogP contribution in [-0.4, -0.2) is 34.1 Å². The van der Waals surface area contributed by atoms with E-state index in [-0.39, 0.29) is 11.1 Å². The molecule has 0 saturated carbocycles. The second-order valence-electron chi connectivity index (χ2n) is 4.34. The van der Waals surface area contributed by atoms with Gasteiger partial charge in [0.2, 0.25) is 6.39 Å². The van der Waals surface area contributed by atoms with Crippen LogP contribution in [-0.2, 0) is 6.42 Å². The second-order valence-corrected chi connectivity index (χ2v) is 4.73. The monoisotopic (exact) mass is 309 g/mol. The van der Waals surface area contributed by atoms with Crippen LogP contribution >= 0.6 is 11.6 Å². The highest BCUT2D eigenvalue weighted by Gasteiger charge is 2.09. The fraction of sp³-hybridized carbons (Fsp3) is 0.385. The molecule has 0 fully saturated rings. The Kier molecular flexibility index (Phi) is 5.51. The molecular weight excluding hydrogens is 294 g/mol. The Bertz CT molecular complexity index is 588. The smallest absolute Gasteiger partial charge is 0.251 e. The highest BCUT2D eigenvalue weighted by molar-refractivity contribution is 6.29. The molecule has 0 bridgehead atoms. The summed E-state index contributed by atoms with van der Waals surface area (Å²) >= 11 is 5.92. The van der Waals surface area contributed by atoms with E-state index in [1.54, 1.807) is 6.07 Å². The van der Waals surface area contributed by atoms with Gasteiger partial charge in [0, 0.05) is 25.1 Å². The molecule has 2 heterocycles. The molecule has 0 aromatic carbocycles. The Morgan fingerprint density at radius 1 is 1.38 bits per heavy atom. The minimum Gasteiger partial charge on any atom is -0.370 e. The van der Waals surface area contributed by atoms with Crippen LogP contribution in [0.4, 0.5) is 5.82 Å². The summed E-state index contributed by atoms with van der Waals surface area (Å²) in [6.07, 6.45) is 2.72. The van der Waals surface area contributed by atoms with E-state index in [4.69, 9.17) is 11.6 Å². The molecule has 0 spiro atoms. The summed E-state index contributed by atoms with van der Waals surface area (Å²) in [6.45, 7) is 3.23. The standard InChI is InChI=1S/C13H16ClN5O2/c1-2-4-15-12-7-9(6-10(14)18-12)13(20)16-5-3-11-17-8-21-19-11/h6-8H,2-5H2,1H3,(H,15,18)(H,16,20). The summed E-state index contributed by atoms with van der Waals surface area (Å²) in [6, 6.07) is 3.20. The Balaban J connectivity index is 1.93. The molecule has 0 aliphatic heterocycles. The number of halogens is 1. The predicted molar refractivity (Wildman–Crippen MR) is 78.4 cm³/mol. The van der Waals surface area contributed by atoms with Gasteiger partial charge in [0.1, 0.15) is 11.0 Å². The van der Waals surface area contributed by atoms with Crippen molar-refractivity contribution in [2.75, 3.05) is 18.4 Å². The number of anilines is 1. The normalized spacial score (nSPS) is 10.4. The number of pyridine rings is 1. The lowest BCUT2D eigenvalue weighted by molar-refractivity contribution is 0.0954. The summed E-state index contributed by atoms with van der Waals surface area (Å²) in [5.41, 5.74) is 0.460. The largest absolute Gasteiger partial charge is 0.370 e. The summed E-state index contributed by atoms with van der Waals surface area (Å²) in [5, 5.41) is 9.82. The van der Waals surface area contributed by atoms with Crippen LogP contribution in [0.15, 0.2) is 23.0 Å². The summed E-state index contributed by atoms with van der Waals surface area (Å²) < 4.78 is 4.62. The lowest BCUT2D eigenvalue weighted by Crippen LogP contribution is -2.26. The average molecular weight is 310 g/mol. The third kappa shape index (κ3) is 4.71. The van der Waals surface area contributed by atoms with E-state index >= 15 is 0 Å². The topological polar surface area (TPSA) is 92.9 Å². The van der Waals surface area contributed by atoms with Crippen LogP contribution < -0.4 is 10.6 Å². The fourth-order valence-electron chi connectivity index (χ4n) is 1.66. The van der Waals surface area contributed by atoms with Crippen molar-refractivity contribution in [2.24, 2.45) is 0 Å². The molecule has 2 aromatic heterocycles. The zero-order chi connectivity index (χ0) is 15.1. The molecule has 8 heteroatoms. The Morgan fingerprint density at radius 2 is 2.24 bits per heavy atom. The molecule has 7 nitrogen and oxygen atoms in total. The zero-order valence-electron chi connectivity index (χ0n) is 11.6. The Labute approximate surface area is 127 Å². The number of nitrogens with one attached hydrogen (secondary N) is 2. The van der Waals surface area contributed by atoms with E-state index in [1.165, 1.54) is 12.5 Å². The van der Waals surface area contributed by atoms with E-state index < -0.39 is 0 Å². The van der Waals surface area contributed by atoms with Crippen molar-refractivity contribution in [1.29, 1.82) is 0 Å². The van der Waals surface area contributed by atoms with E-state index in [0.717, 1.165) is 13.0 Å². The fourth-order valence-corrected chi connectivity index (χ4v) is 1.87. The SMILES string of the molecule is CCCNc1cc(C(=O)NCCc2ncon2)cc(Cl)n1. The van der Waals surface area contributed by atoms with E-state index in [1.807, 2.05) is 6.92 Å². The number of carbonyl (C=O) groups is 1. The Morgan fingerprint density at radius 3 is 2.95 bits per heavy atom. The van der Waals surface area contributed by atoms with Gasteiger partial charge in [-0.25, -0.2) is 4.98 Å². The third-order valence-electron chi connectivity index (χ3n) is 2.65. The summed E-state index contributed by atoms with van der Waals surface area (Å²) in [5.74, 6) is 0.920. The van der Waals surface area contributed by atoms with Crippen LogP contribution in [0.3, 0.4) is 0 Å². The first-order chi connectivity index (χ1) is 10.2. The number of hydrogen-bond donors (Lipinski definition) is 2. The number of aromatic nitrogens is 3. The van der Waals surface area contributed by atoms with Crippen molar-refractivity contribution in [1.82, 2.24) is 20.4 Å². The molecule has 1 amide bonds. The van der Waals surface area contributed by atoms with Gasteiger partial charge in [-0.2, -0.15) is 4.98 Å². The van der Waals surface area contributed by atoms with Gasteiger partial charge in [-0.1, -0.05) is 23.7 Å². The van der Waals surface area contributed by atoms with Gasteiger partial charge in [0.15, 0.2) is 5.82 Å². The quantitative estimate of drug-likeness (QED) is 0.759. The molecule has 0 saturated heterocycles. The number of carbonyl (C=O) groups excluding carboxylic acids is 1. The van der Waals surface area contributed by atoms with Gasteiger partial charge in [0.05, 0.1) is 0 Å². The minimum atomic E-state index is -0.220. The molecule has 2 aromatic rings. The molecular formula is C13H16ClN5O2. The van der Waals surface area contributed by atoms with E-state index in [0.29, 0.717) is 30.2 Å². The zero-order valence-corrected chi connectivity index (χ0v) is 12.4. The summed E-state index contributed by atoms with van der Waals surface area (Å²) in [7, 11) is 0. The molecule has 0 aliphatic carbocycles. The minimum absolute atomic E-state index is 0.220. The highest BCUT2D eigenvalue weighted by Crippen LogP contribution is 2.14. The lowest BCUT2D eigenvalue weighted by Gasteiger charge is -2.08. The van der Waals surface area contributed by atoms with Gasteiger partial charge in [-0.05, 0) is 18.6 Å². The molecule has 21 heavy (non-hydrogen) atoms. The van der Waals surface area contributed by atoms with Gasteiger partial charge < -0.3 is 15.2 Å². The highest BCUT2D eigenvalue weighted by atomic mass is 35.5. The lowest BCUT2D eigenvalue weighted by atomic mass is 10.2. The van der Waals surface area contributed by atoms with Crippen molar-refractivity contribution in [3.8, 4) is 0 Å². The van der Waals surface area contributed by atoms with Crippen molar-refractivity contribution in [3.63, 3.8) is 0 Å². The van der Waals surface area contributed by atoms with Crippen molar-refractivity contribution in [3.05, 3.63) is 35.1 Å². The van der Waals surface area contributed by atoms with Crippen molar-refractivity contribution >= 4 is 23.3 Å². The molecule has 112 valence electrons. The van der Waals surface area contributed by atoms with Crippen LogP contribution in [0.25, 0.3) is 0 Å². The number of nitrogens with zero attached hydrogens (tertiary/aromatic N) is 3. The summed E-state index contributed by atoms with van der Waals surface area (Å²) in [4.78, 5) is 20.1. The van der Waals surface area contributed by atoms with Crippen LogP contribution in [0.1, 0.15) is 29.5 Å². The Hall–Kier alpha value is -2.15. The van der Waals surface area contributed by atoms with E-state index in [9.17, 15) is 4.79 Å². The number of rotatable bonds is 7. The maximum Gasteiger partial charge on any atom is 0.251 e. The number of amides is 1. The molecule has 0 unspecified atom stereocenters.